The van der Waals surface area contributed by atoms with Crippen LogP contribution < -0.4 is 0 Å². The molecule has 1 heterocycles. The zero-order chi connectivity index (χ0) is 53.8. The molecule has 1 fully saturated rings. The van der Waals surface area contributed by atoms with Gasteiger partial charge < -0.3 is 34.3 Å². The molecule has 1 aliphatic rings. The first-order chi connectivity index (χ1) is 36.1. The lowest BCUT2D eigenvalue weighted by Crippen LogP contribution is -2.60. The van der Waals surface area contributed by atoms with Gasteiger partial charge in [-0.25, -0.2) is 4.18 Å². The number of aliphatic hydroxyl groups is 3. The fraction of sp³-hybridized carbons (Fsp3) is 0.689. The van der Waals surface area contributed by atoms with Gasteiger partial charge in [0.2, 0.25) is 0 Å². The van der Waals surface area contributed by atoms with Crippen molar-refractivity contribution in [1.82, 2.24) is 0 Å². The summed E-state index contributed by atoms with van der Waals surface area (Å²) in [7, 11) is -5.08. The number of aliphatic hydroxyl groups excluding tert-OH is 3. The molecule has 0 aromatic carbocycles. The first-order valence-corrected chi connectivity index (χ1v) is 30.0. The van der Waals surface area contributed by atoms with E-state index in [4.69, 9.17) is 18.9 Å². The Morgan fingerprint density at radius 2 is 0.892 bits per heavy atom. The van der Waals surface area contributed by atoms with Crippen LogP contribution in [0.4, 0.5) is 0 Å². The summed E-state index contributed by atoms with van der Waals surface area (Å²) in [6, 6.07) is 0. The van der Waals surface area contributed by atoms with Crippen LogP contribution in [0.15, 0.2) is 109 Å². The summed E-state index contributed by atoms with van der Waals surface area (Å²) in [6.45, 7) is 3.74. The molecule has 0 aromatic heterocycles. The van der Waals surface area contributed by atoms with Crippen LogP contribution in [0.1, 0.15) is 206 Å². The van der Waals surface area contributed by atoms with Crippen molar-refractivity contribution in [2.45, 2.75) is 243 Å². The Morgan fingerprint density at radius 3 is 1.30 bits per heavy atom. The summed E-state index contributed by atoms with van der Waals surface area (Å²) < 4.78 is 59.4. The molecule has 424 valence electrons. The largest absolute Gasteiger partial charge is 0.457 e. The molecular formula is C61H102O12S. The molecule has 0 saturated carbocycles. The number of hydrogen-bond acceptors (Lipinski definition) is 11. The second-order valence-electron chi connectivity index (χ2n) is 19.1. The fourth-order valence-corrected chi connectivity index (χ4v) is 8.67. The van der Waals surface area contributed by atoms with Gasteiger partial charge in [0.1, 0.15) is 30.5 Å². The molecule has 74 heavy (non-hydrogen) atoms. The number of esters is 1. The highest BCUT2D eigenvalue weighted by molar-refractivity contribution is 7.80. The first-order valence-electron chi connectivity index (χ1n) is 28.6. The number of allylic oxidation sites excluding steroid dienone is 18. The monoisotopic (exact) mass is 1060 g/mol. The molecule has 4 N–H and O–H groups in total. The van der Waals surface area contributed by atoms with E-state index in [1.54, 1.807) is 0 Å². The van der Waals surface area contributed by atoms with Crippen LogP contribution in [0.2, 0.25) is 0 Å². The third-order valence-corrected chi connectivity index (χ3v) is 12.9. The number of rotatable bonds is 49. The predicted molar refractivity (Wildman–Crippen MR) is 303 cm³/mol. The zero-order valence-electron chi connectivity index (χ0n) is 45.9. The number of ether oxygens (including phenoxy) is 4. The standard InChI is InChI=1S/C61H102O12S/c1-3-5-7-9-11-13-15-17-19-21-23-25-27-29-31-33-35-37-39-41-43-45-47-49-51-69-53-55(54-70-61-59(65)60(73-74(66,67)68)58(64)56(52-62)72-61)71-57(63)50-48-46-44-42-40-38-36-34-32-30-28-26-24-22-20-18-16-14-12-10-8-6-4-2/h5-8,11-14,17-20,23-26,29,31,55-56,58-62,64-65H,3-4,9-10,15-16,21-22,27-28,30,32-54H2,1-2H3,(H,66,67,68)/b7-5-,8-6-,13-11-,14-12-,19-17-,20-18-,25-23-,26-24-,31-29-. The molecule has 12 nitrogen and oxygen atoms in total. The van der Waals surface area contributed by atoms with E-state index >= 15 is 0 Å². The van der Waals surface area contributed by atoms with Gasteiger partial charge in [0.05, 0.1) is 19.8 Å². The molecule has 0 amide bonds. The molecule has 0 bridgehead atoms. The predicted octanol–water partition coefficient (Wildman–Crippen LogP) is 14.3. The average Bonchev–Trinajstić information content (AvgIpc) is 3.38. The highest BCUT2D eigenvalue weighted by Gasteiger charge is 2.48. The summed E-state index contributed by atoms with van der Waals surface area (Å²) in [5.41, 5.74) is 0. The highest BCUT2D eigenvalue weighted by Crippen LogP contribution is 2.26. The molecule has 6 unspecified atom stereocenters. The van der Waals surface area contributed by atoms with Crippen molar-refractivity contribution in [3.8, 4) is 0 Å². The van der Waals surface area contributed by atoms with E-state index in [0.29, 0.717) is 13.0 Å². The Labute approximate surface area is 449 Å². The van der Waals surface area contributed by atoms with E-state index in [9.17, 15) is 33.1 Å². The van der Waals surface area contributed by atoms with Crippen molar-refractivity contribution in [2.75, 3.05) is 26.4 Å². The second-order valence-corrected chi connectivity index (χ2v) is 20.2. The van der Waals surface area contributed by atoms with Gasteiger partial charge in [0, 0.05) is 13.0 Å². The smallest absolute Gasteiger partial charge is 0.397 e. The molecule has 6 atom stereocenters. The maximum Gasteiger partial charge on any atom is 0.397 e. The summed E-state index contributed by atoms with van der Waals surface area (Å²) in [5.74, 6) is -0.410. The Balaban J connectivity index is 2.32. The normalized spacial score (nSPS) is 19.6. The molecule has 1 aliphatic heterocycles. The summed E-state index contributed by atoms with van der Waals surface area (Å²) in [5, 5.41) is 30.9. The Morgan fingerprint density at radius 1 is 0.514 bits per heavy atom. The Hall–Kier alpha value is -3.24. The summed E-state index contributed by atoms with van der Waals surface area (Å²) >= 11 is 0. The van der Waals surface area contributed by atoms with E-state index in [0.717, 1.165) is 109 Å². The maximum atomic E-state index is 13.0. The number of carbonyl (C=O) groups excluding carboxylic acids is 1. The minimum Gasteiger partial charge on any atom is -0.457 e. The van der Waals surface area contributed by atoms with Gasteiger partial charge in [-0.3, -0.25) is 9.35 Å². The fourth-order valence-electron chi connectivity index (χ4n) is 8.16. The third kappa shape index (κ3) is 42.9. The molecule has 0 aromatic rings. The van der Waals surface area contributed by atoms with E-state index in [1.165, 1.54) is 70.6 Å². The molecule has 1 rings (SSSR count). The van der Waals surface area contributed by atoms with E-state index in [2.05, 4.69) is 127 Å². The van der Waals surface area contributed by atoms with Gasteiger partial charge in [-0.05, 0) is 96.3 Å². The first kappa shape index (κ1) is 68.8. The minimum atomic E-state index is -5.08. The van der Waals surface area contributed by atoms with Crippen LogP contribution >= 0.6 is 0 Å². The minimum absolute atomic E-state index is 0.0217. The number of hydrogen-bond donors (Lipinski definition) is 4. The SMILES string of the molecule is CC/C=C\C/C=C\C/C=C\C/C=C\C/C=C\CCCCCCCCCCOCC(COC1OC(CO)C(O)C(OS(=O)(=O)O)C1O)OC(=O)CCCCCCCCCCCC/C=C\C/C=C\C/C=C\C/C=C\CC. The van der Waals surface area contributed by atoms with Gasteiger partial charge in [-0.15, -0.1) is 0 Å². The topological polar surface area (TPSA) is 178 Å². The van der Waals surface area contributed by atoms with Crippen LogP contribution in [0, 0.1) is 0 Å². The van der Waals surface area contributed by atoms with Crippen molar-refractivity contribution < 1.29 is 56.2 Å². The van der Waals surface area contributed by atoms with Crippen molar-refractivity contribution in [2.24, 2.45) is 0 Å². The molecular weight excluding hydrogens is 957 g/mol. The van der Waals surface area contributed by atoms with E-state index < -0.39 is 59.8 Å². The quantitative estimate of drug-likeness (QED) is 0.0196. The Bertz CT molecular complexity index is 1700. The number of unbranched alkanes of at least 4 members (excludes halogenated alkanes) is 18. The summed E-state index contributed by atoms with van der Waals surface area (Å²) in [6.07, 6.45) is 62.6. The molecule has 0 radical (unpaired) electrons. The lowest BCUT2D eigenvalue weighted by molar-refractivity contribution is -0.301. The second kappa shape index (κ2) is 50.6. The van der Waals surface area contributed by atoms with Crippen molar-refractivity contribution in [1.29, 1.82) is 0 Å². The van der Waals surface area contributed by atoms with Gasteiger partial charge in [0.25, 0.3) is 0 Å². The van der Waals surface area contributed by atoms with Crippen LogP contribution in [0.5, 0.6) is 0 Å². The third-order valence-electron chi connectivity index (χ3n) is 12.4. The molecule has 0 spiro atoms. The van der Waals surface area contributed by atoms with Gasteiger partial charge >= 0.3 is 16.4 Å². The van der Waals surface area contributed by atoms with Crippen LogP contribution in [-0.4, -0.2) is 97.5 Å². The molecule has 1 saturated heterocycles. The lowest BCUT2D eigenvalue weighted by Gasteiger charge is -2.41. The Kier molecular flexibility index (Phi) is 47.0. The van der Waals surface area contributed by atoms with Crippen LogP contribution in [-0.2, 0) is 38.3 Å². The number of carbonyl (C=O) groups is 1. The van der Waals surface area contributed by atoms with Crippen molar-refractivity contribution in [3.05, 3.63) is 109 Å². The van der Waals surface area contributed by atoms with Crippen molar-refractivity contribution in [3.63, 3.8) is 0 Å². The molecule has 13 heteroatoms. The van der Waals surface area contributed by atoms with Crippen molar-refractivity contribution >= 4 is 16.4 Å². The van der Waals surface area contributed by atoms with Gasteiger partial charge in [0.15, 0.2) is 6.29 Å². The maximum absolute atomic E-state index is 13.0. The molecule has 0 aliphatic carbocycles. The zero-order valence-corrected chi connectivity index (χ0v) is 46.7. The average molecular weight is 1060 g/mol. The van der Waals surface area contributed by atoms with E-state index in [-0.39, 0.29) is 19.6 Å². The van der Waals surface area contributed by atoms with Gasteiger partial charge in [-0.1, -0.05) is 213 Å². The summed E-state index contributed by atoms with van der Waals surface area (Å²) in [4.78, 5) is 13.0. The lowest BCUT2D eigenvalue weighted by atomic mass is 9.99. The van der Waals surface area contributed by atoms with Crippen LogP contribution in [0.3, 0.4) is 0 Å². The van der Waals surface area contributed by atoms with Gasteiger partial charge in [-0.2, -0.15) is 8.42 Å². The highest BCUT2D eigenvalue weighted by atomic mass is 32.3. The van der Waals surface area contributed by atoms with Crippen LogP contribution in [0.25, 0.3) is 0 Å². The van der Waals surface area contributed by atoms with E-state index in [1.807, 2.05) is 0 Å².